The molecule has 4 saturated carbocycles. The zero-order chi connectivity index (χ0) is 21.0. The number of ketones is 1. The second kappa shape index (κ2) is 5.69. The van der Waals surface area contributed by atoms with Crippen molar-refractivity contribution in [2.45, 2.75) is 63.9 Å². The highest BCUT2D eigenvalue weighted by Gasteiger charge is 2.84. The lowest BCUT2D eigenvalue weighted by atomic mass is 9.36. The number of aliphatic hydroxyl groups excluding tert-OH is 2. The number of allylic oxidation sites excluding steroid dienone is 1. The molecule has 0 radical (unpaired) electrons. The van der Waals surface area contributed by atoms with Gasteiger partial charge in [-0.3, -0.25) is 9.59 Å². The van der Waals surface area contributed by atoms with Crippen LogP contribution in [0.25, 0.3) is 0 Å². The molecule has 4 aliphatic carbocycles. The number of Topliss-reactive ketones (excluding diaryl/α,β-unsaturated/α-hetero) is 1. The second-order valence-electron chi connectivity index (χ2n) is 10.4. The summed E-state index contributed by atoms with van der Waals surface area (Å²) in [6, 6.07) is 0. The van der Waals surface area contributed by atoms with Crippen molar-refractivity contribution in [3.63, 3.8) is 0 Å². The molecule has 29 heavy (non-hydrogen) atoms. The lowest BCUT2D eigenvalue weighted by Gasteiger charge is -2.74. The molecule has 0 amide bonds. The van der Waals surface area contributed by atoms with Crippen LogP contribution in [0.3, 0.4) is 0 Å². The summed E-state index contributed by atoms with van der Waals surface area (Å²) in [6.45, 7) is 7.44. The third-order valence-corrected chi connectivity index (χ3v) is 9.25. The van der Waals surface area contributed by atoms with Crippen LogP contribution in [-0.2, 0) is 19.1 Å². The third kappa shape index (κ3) is 1.98. The highest BCUT2D eigenvalue weighted by Crippen LogP contribution is 2.76. The maximum Gasteiger partial charge on any atom is 0.302 e. The summed E-state index contributed by atoms with van der Waals surface area (Å²) in [5, 5.41) is 34.6. The van der Waals surface area contributed by atoms with Gasteiger partial charge < -0.3 is 24.8 Å². The predicted octanol–water partition coefficient (Wildman–Crippen LogP) is 0.948. The van der Waals surface area contributed by atoms with E-state index in [1.807, 2.05) is 6.92 Å². The van der Waals surface area contributed by atoms with Crippen molar-refractivity contribution in [1.29, 1.82) is 0 Å². The van der Waals surface area contributed by atoms with E-state index in [0.29, 0.717) is 31.3 Å². The first-order valence-electron chi connectivity index (χ1n) is 10.6. The van der Waals surface area contributed by atoms with Crippen LogP contribution in [-0.4, -0.2) is 58.3 Å². The second-order valence-corrected chi connectivity index (χ2v) is 10.4. The number of carbonyl (C=O) groups is 2. The quantitative estimate of drug-likeness (QED) is 0.462. The van der Waals surface area contributed by atoms with Gasteiger partial charge in [-0.1, -0.05) is 13.5 Å². The van der Waals surface area contributed by atoms with E-state index in [9.17, 15) is 24.9 Å². The van der Waals surface area contributed by atoms with Gasteiger partial charge in [-0.15, -0.1) is 0 Å². The van der Waals surface area contributed by atoms with Crippen molar-refractivity contribution in [2.75, 3.05) is 13.2 Å². The number of esters is 1. The first-order chi connectivity index (χ1) is 13.5. The molecule has 6 aliphatic rings. The first kappa shape index (κ1) is 19.7. The number of aliphatic hydroxyl groups is 3. The molecule has 6 fully saturated rings. The van der Waals surface area contributed by atoms with Crippen LogP contribution >= 0.6 is 0 Å². The molecule has 3 N–H and O–H groups in total. The van der Waals surface area contributed by atoms with Crippen LogP contribution in [0.2, 0.25) is 0 Å². The molecule has 7 nitrogen and oxygen atoms in total. The largest absolute Gasteiger partial charge is 0.465 e. The van der Waals surface area contributed by atoms with Crippen molar-refractivity contribution in [2.24, 2.45) is 34.0 Å². The van der Waals surface area contributed by atoms with Crippen LogP contribution in [0.15, 0.2) is 12.2 Å². The van der Waals surface area contributed by atoms with Crippen molar-refractivity contribution in [3.05, 3.63) is 12.2 Å². The van der Waals surface area contributed by atoms with Crippen molar-refractivity contribution >= 4 is 11.8 Å². The number of hydrogen-bond acceptors (Lipinski definition) is 7. The zero-order valence-electron chi connectivity index (χ0n) is 17.0. The van der Waals surface area contributed by atoms with E-state index in [-0.39, 0.29) is 30.8 Å². The summed E-state index contributed by atoms with van der Waals surface area (Å²) in [7, 11) is 0. The number of rotatable bonds is 2. The van der Waals surface area contributed by atoms with Gasteiger partial charge in [-0.2, -0.15) is 0 Å². The molecule has 4 bridgehead atoms. The molecule has 160 valence electrons. The minimum absolute atomic E-state index is 0.0130. The normalized spacial score (nSPS) is 55.4. The van der Waals surface area contributed by atoms with Crippen molar-refractivity contribution in [1.82, 2.24) is 0 Å². The molecule has 2 saturated heterocycles. The lowest BCUT2D eigenvalue weighted by Crippen LogP contribution is -2.84. The van der Waals surface area contributed by atoms with Gasteiger partial charge in [0.05, 0.1) is 24.7 Å². The lowest BCUT2D eigenvalue weighted by molar-refractivity contribution is -0.450. The summed E-state index contributed by atoms with van der Waals surface area (Å²) in [5.74, 6) is -3.52. The van der Waals surface area contributed by atoms with Gasteiger partial charge in [-0.05, 0) is 49.5 Å². The standard InChI is InChI=1S/C22H30O7/c1-11-13-4-5-14-20-10-29-22(27,21(14,8-13)17(11)25)18(26)16(20)19(3,7-6-15(20)24)9-28-12(2)23/h13-16,18,24,26-27H,1,4-10H2,2-3H3/t13-,14-,15+,16+,18-,19-,20+,21-,22-/m0/s1. The maximum absolute atomic E-state index is 13.4. The van der Waals surface area contributed by atoms with Gasteiger partial charge in [0.1, 0.15) is 6.10 Å². The Morgan fingerprint density at radius 1 is 1.31 bits per heavy atom. The van der Waals surface area contributed by atoms with Gasteiger partial charge in [0.15, 0.2) is 5.78 Å². The fourth-order valence-corrected chi connectivity index (χ4v) is 8.08. The fraction of sp³-hybridized carbons (Fsp3) is 0.818. The Hall–Kier alpha value is -1.28. The van der Waals surface area contributed by atoms with Gasteiger partial charge >= 0.3 is 5.97 Å². The summed E-state index contributed by atoms with van der Waals surface area (Å²) >= 11 is 0. The molecule has 2 heterocycles. The Morgan fingerprint density at radius 2 is 2.03 bits per heavy atom. The van der Waals surface area contributed by atoms with Crippen LogP contribution in [0.1, 0.15) is 46.0 Å². The van der Waals surface area contributed by atoms with Gasteiger partial charge in [0.25, 0.3) is 0 Å². The van der Waals surface area contributed by atoms with E-state index in [1.165, 1.54) is 6.92 Å². The number of ether oxygens (including phenoxy) is 2. The number of hydrogen-bond donors (Lipinski definition) is 3. The SMILES string of the molecule is C=C1C(=O)[C@]23C[C@@H]1CC[C@H]2[C@@]12CO[C@@]3(O)[C@@H](O)[C@@H]1[C@](C)(COC(C)=O)CC[C@H]2O. The monoisotopic (exact) mass is 406 g/mol. The highest BCUT2D eigenvalue weighted by molar-refractivity contribution is 6.04. The van der Waals surface area contributed by atoms with Crippen molar-refractivity contribution in [3.8, 4) is 0 Å². The third-order valence-electron chi connectivity index (χ3n) is 9.25. The van der Waals surface area contributed by atoms with Crippen LogP contribution < -0.4 is 0 Å². The average molecular weight is 406 g/mol. The van der Waals surface area contributed by atoms with Crippen molar-refractivity contribution < 1.29 is 34.4 Å². The summed E-state index contributed by atoms with van der Waals surface area (Å²) in [6.07, 6.45) is 0.743. The Kier molecular flexibility index (Phi) is 3.86. The molecule has 0 aromatic heterocycles. The van der Waals surface area contributed by atoms with E-state index in [1.54, 1.807) is 0 Å². The Balaban J connectivity index is 1.69. The van der Waals surface area contributed by atoms with E-state index in [0.717, 1.165) is 6.42 Å². The molecular formula is C22H30O7. The van der Waals surface area contributed by atoms with E-state index in [4.69, 9.17) is 9.47 Å². The van der Waals surface area contributed by atoms with Crippen LogP contribution in [0, 0.1) is 34.0 Å². The zero-order valence-corrected chi connectivity index (χ0v) is 17.0. The average Bonchev–Trinajstić information content (AvgIpc) is 2.87. The van der Waals surface area contributed by atoms with E-state index < -0.39 is 46.1 Å². The fourth-order valence-electron chi connectivity index (χ4n) is 8.08. The predicted molar refractivity (Wildman–Crippen MR) is 100 cm³/mol. The highest BCUT2D eigenvalue weighted by atomic mass is 16.6. The number of carbonyl (C=O) groups excluding carboxylic acids is 2. The molecule has 2 spiro atoms. The first-order valence-corrected chi connectivity index (χ1v) is 10.6. The minimum Gasteiger partial charge on any atom is -0.465 e. The van der Waals surface area contributed by atoms with E-state index >= 15 is 0 Å². The van der Waals surface area contributed by atoms with Gasteiger partial charge in [0, 0.05) is 23.7 Å². The Labute approximate surface area is 170 Å². The van der Waals surface area contributed by atoms with Gasteiger partial charge in [-0.25, -0.2) is 0 Å². The Bertz CT molecular complexity index is 809. The molecular weight excluding hydrogens is 376 g/mol. The maximum atomic E-state index is 13.4. The molecule has 0 unspecified atom stereocenters. The number of fused-ring (bicyclic) bond motifs is 2. The molecule has 0 aromatic rings. The molecule has 7 heteroatoms. The molecule has 2 aliphatic heterocycles. The summed E-state index contributed by atoms with van der Waals surface area (Å²) < 4.78 is 11.3. The van der Waals surface area contributed by atoms with Crippen LogP contribution in [0.4, 0.5) is 0 Å². The topological polar surface area (TPSA) is 113 Å². The summed E-state index contributed by atoms with van der Waals surface area (Å²) in [5.41, 5.74) is -2.27. The van der Waals surface area contributed by atoms with E-state index in [2.05, 4.69) is 6.58 Å². The smallest absolute Gasteiger partial charge is 0.302 e. The Morgan fingerprint density at radius 3 is 2.72 bits per heavy atom. The molecule has 6 rings (SSSR count). The van der Waals surface area contributed by atoms with Crippen LogP contribution in [0.5, 0.6) is 0 Å². The summed E-state index contributed by atoms with van der Waals surface area (Å²) in [4.78, 5) is 24.9. The van der Waals surface area contributed by atoms with Gasteiger partial charge in [0.2, 0.25) is 5.79 Å². The molecule has 9 atom stereocenters. The minimum atomic E-state index is -2.02. The molecule has 0 aromatic carbocycles.